The standard InChI is InChI=1S/C7H11NO/c1-8(2)6-4-3-5-7-9/h3-5H,6H2,1-2H3/b4-3+. The van der Waals surface area contributed by atoms with E-state index in [4.69, 9.17) is 0 Å². The Bertz CT molecular complexity index is 132. The molecule has 0 fully saturated rings. The number of likely N-dealkylation sites (N-methyl/N-ethyl adjacent to an activating group) is 1. The fourth-order valence-electron chi connectivity index (χ4n) is 0.379. The second kappa shape index (κ2) is 5.29. The van der Waals surface area contributed by atoms with Crippen molar-refractivity contribution in [3.05, 3.63) is 18.2 Å². The van der Waals surface area contributed by atoms with Crippen molar-refractivity contribution >= 4 is 5.94 Å². The average molecular weight is 125 g/mol. The topological polar surface area (TPSA) is 20.3 Å². The lowest BCUT2D eigenvalue weighted by Crippen LogP contribution is -2.10. The molecule has 0 unspecified atom stereocenters. The highest BCUT2D eigenvalue weighted by Gasteiger charge is 1.78. The first-order chi connectivity index (χ1) is 4.27. The summed E-state index contributed by atoms with van der Waals surface area (Å²) >= 11 is 0. The predicted molar refractivity (Wildman–Crippen MR) is 38.0 cm³/mol. The van der Waals surface area contributed by atoms with Crippen LogP contribution in [0.25, 0.3) is 0 Å². The van der Waals surface area contributed by atoms with E-state index in [2.05, 4.69) is 0 Å². The maximum Gasteiger partial charge on any atom is 0.124 e. The van der Waals surface area contributed by atoms with Crippen LogP contribution in [-0.4, -0.2) is 31.5 Å². The average Bonchev–Trinajstić information content (AvgIpc) is 1.80. The SMILES string of the molecule is CN(C)C/C=C/C=C=O. The monoisotopic (exact) mass is 125 g/mol. The molecule has 0 atom stereocenters. The van der Waals surface area contributed by atoms with Crippen molar-refractivity contribution in [3.8, 4) is 0 Å². The molecule has 0 aliphatic rings. The zero-order chi connectivity index (χ0) is 7.11. The molecule has 0 aliphatic heterocycles. The van der Waals surface area contributed by atoms with Crippen molar-refractivity contribution in [2.75, 3.05) is 20.6 Å². The van der Waals surface area contributed by atoms with Gasteiger partial charge >= 0.3 is 0 Å². The summed E-state index contributed by atoms with van der Waals surface area (Å²) in [6.07, 6.45) is 4.93. The van der Waals surface area contributed by atoms with E-state index in [1.165, 1.54) is 6.08 Å². The maximum absolute atomic E-state index is 9.60. The molecule has 9 heavy (non-hydrogen) atoms. The number of nitrogens with zero attached hydrogens (tertiary/aromatic N) is 1. The normalized spacial score (nSPS) is 10.1. The minimum absolute atomic E-state index is 0.859. The third kappa shape index (κ3) is 7.15. The Morgan fingerprint density at radius 3 is 2.67 bits per heavy atom. The van der Waals surface area contributed by atoms with Crippen LogP contribution in [0.4, 0.5) is 0 Å². The van der Waals surface area contributed by atoms with Crippen LogP contribution in [0.3, 0.4) is 0 Å². The zero-order valence-electron chi connectivity index (χ0n) is 5.79. The fraction of sp³-hybridized carbons (Fsp3) is 0.429. The van der Waals surface area contributed by atoms with E-state index in [0.29, 0.717) is 0 Å². The third-order valence-electron chi connectivity index (χ3n) is 0.771. The molecule has 0 saturated heterocycles. The molecule has 0 aliphatic carbocycles. The van der Waals surface area contributed by atoms with Crippen LogP contribution in [-0.2, 0) is 4.79 Å². The second-order valence-corrected chi connectivity index (χ2v) is 1.97. The van der Waals surface area contributed by atoms with Gasteiger partial charge in [-0.25, -0.2) is 4.79 Å². The van der Waals surface area contributed by atoms with Crippen molar-refractivity contribution in [2.24, 2.45) is 0 Å². The van der Waals surface area contributed by atoms with Gasteiger partial charge in [-0.15, -0.1) is 0 Å². The van der Waals surface area contributed by atoms with Crippen molar-refractivity contribution in [1.29, 1.82) is 0 Å². The van der Waals surface area contributed by atoms with Crippen LogP contribution < -0.4 is 0 Å². The molecule has 0 bridgehead atoms. The lowest BCUT2D eigenvalue weighted by atomic mass is 10.4. The van der Waals surface area contributed by atoms with E-state index in [1.807, 2.05) is 25.1 Å². The molecule has 0 spiro atoms. The summed E-state index contributed by atoms with van der Waals surface area (Å²) in [4.78, 5) is 11.6. The summed E-state index contributed by atoms with van der Waals surface area (Å²) in [5, 5.41) is 0. The van der Waals surface area contributed by atoms with Gasteiger partial charge in [0.1, 0.15) is 5.94 Å². The lowest BCUT2D eigenvalue weighted by molar-refractivity contribution is 0.456. The molecule has 0 amide bonds. The van der Waals surface area contributed by atoms with Gasteiger partial charge in [0, 0.05) is 12.6 Å². The molecular formula is C7H11NO. The summed E-state index contributed by atoms with van der Waals surface area (Å²) < 4.78 is 0. The van der Waals surface area contributed by atoms with Gasteiger partial charge < -0.3 is 4.90 Å². The first-order valence-corrected chi connectivity index (χ1v) is 2.78. The first kappa shape index (κ1) is 8.15. The Morgan fingerprint density at radius 1 is 1.56 bits per heavy atom. The zero-order valence-corrected chi connectivity index (χ0v) is 5.79. The number of rotatable bonds is 3. The van der Waals surface area contributed by atoms with Crippen LogP contribution >= 0.6 is 0 Å². The van der Waals surface area contributed by atoms with E-state index in [9.17, 15) is 4.79 Å². The van der Waals surface area contributed by atoms with E-state index in [1.54, 1.807) is 12.0 Å². The van der Waals surface area contributed by atoms with Crippen LogP contribution in [0, 0.1) is 0 Å². The van der Waals surface area contributed by atoms with Gasteiger partial charge in [-0.3, -0.25) is 0 Å². The van der Waals surface area contributed by atoms with Crippen molar-refractivity contribution in [3.63, 3.8) is 0 Å². The molecular weight excluding hydrogens is 114 g/mol. The van der Waals surface area contributed by atoms with E-state index < -0.39 is 0 Å². The lowest BCUT2D eigenvalue weighted by Gasteiger charge is -2.02. The second-order valence-electron chi connectivity index (χ2n) is 1.97. The Kier molecular flexibility index (Phi) is 4.79. The molecule has 50 valence electrons. The minimum atomic E-state index is 0.859. The van der Waals surface area contributed by atoms with E-state index in [-0.39, 0.29) is 0 Å². The smallest absolute Gasteiger partial charge is 0.124 e. The maximum atomic E-state index is 9.60. The van der Waals surface area contributed by atoms with Gasteiger partial charge in [-0.2, -0.15) is 0 Å². The van der Waals surface area contributed by atoms with Gasteiger partial charge in [-0.1, -0.05) is 12.2 Å². The van der Waals surface area contributed by atoms with Gasteiger partial charge in [-0.05, 0) is 14.1 Å². The highest BCUT2D eigenvalue weighted by molar-refractivity contribution is 5.48. The van der Waals surface area contributed by atoms with Gasteiger partial charge in [0.15, 0.2) is 0 Å². The molecule has 0 heterocycles. The Balaban J connectivity index is 3.36. The molecule has 2 nitrogen and oxygen atoms in total. The van der Waals surface area contributed by atoms with Gasteiger partial charge in [0.05, 0.1) is 0 Å². The quantitative estimate of drug-likeness (QED) is 0.404. The van der Waals surface area contributed by atoms with E-state index >= 15 is 0 Å². The molecule has 0 aromatic carbocycles. The number of hydrogen-bond donors (Lipinski definition) is 0. The molecule has 2 heteroatoms. The highest BCUT2D eigenvalue weighted by atomic mass is 16.1. The summed E-state index contributed by atoms with van der Waals surface area (Å²) in [6, 6.07) is 0. The number of allylic oxidation sites excluding steroid dienone is 2. The van der Waals surface area contributed by atoms with Crippen molar-refractivity contribution in [2.45, 2.75) is 0 Å². The summed E-state index contributed by atoms with van der Waals surface area (Å²) in [5.41, 5.74) is 0. The third-order valence-corrected chi connectivity index (χ3v) is 0.771. The predicted octanol–water partition coefficient (Wildman–Crippen LogP) is 0.492. The highest BCUT2D eigenvalue weighted by Crippen LogP contribution is 1.76. The Morgan fingerprint density at radius 2 is 2.22 bits per heavy atom. The summed E-state index contributed by atoms with van der Waals surface area (Å²) in [6.45, 7) is 0.859. The van der Waals surface area contributed by atoms with E-state index in [0.717, 1.165) is 6.54 Å². The van der Waals surface area contributed by atoms with Crippen LogP contribution in [0.15, 0.2) is 18.2 Å². The van der Waals surface area contributed by atoms with Gasteiger partial charge in [0.2, 0.25) is 0 Å². The fourth-order valence-corrected chi connectivity index (χ4v) is 0.379. The van der Waals surface area contributed by atoms with Gasteiger partial charge in [0.25, 0.3) is 0 Å². The molecule has 0 rings (SSSR count). The first-order valence-electron chi connectivity index (χ1n) is 2.78. The minimum Gasteiger partial charge on any atom is -0.306 e. The summed E-state index contributed by atoms with van der Waals surface area (Å²) in [5.74, 6) is 1.66. The largest absolute Gasteiger partial charge is 0.306 e. The molecule has 0 aromatic rings. The molecule has 0 aromatic heterocycles. The van der Waals surface area contributed by atoms with Crippen LogP contribution in [0.2, 0.25) is 0 Å². The van der Waals surface area contributed by atoms with Crippen LogP contribution in [0.5, 0.6) is 0 Å². The van der Waals surface area contributed by atoms with Crippen molar-refractivity contribution < 1.29 is 4.79 Å². The number of hydrogen-bond acceptors (Lipinski definition) is 2. The molecule has 0 saturated carbocycles. The summed E-state index contributed by atoms with van der Waals surface area (Å²) in [7, 11) is 3.93. The molecule has 0 N–H and O–H groups in total. The Hall–Kier alpha value is -0.850. The molecule has 0 radical (unpaired) electrons. The Labute approximate surface area is 55.5 Å². The van der Waals surface area contributed by atoms with Crippen LogP contribution in [0.1, 0.15) is 0 Å². The van der Waals surface area contributed by atoms with Crippen molar-refractivity contribution in [1.82, 2.24) is 4.90 Å². The number of carbonyl (C=O) groups excluding carboxylic acids is 1.